The molecule has 1 amide bonds. The molecule has 0 saturated carbocycles. The van der Waals surface area contributed by atoms with Crippen molar-refractivity contribution in [3.05, 3.63) is 53.9 Å². The summed E-state index contributed by atoms with van der Waals surface area (Å²) in [7, 11) is 0. The first-order valence-corrected chi connectivity index (χ1v) is 9.20. The van der Waals surface area contributed by atoms with Crippen molar-refractivity contribution in [2.24, 2.45) is 0 Å². The Morgan fingerprint density at radius 1 is 1.19 bits per heavy atom. The molecule has 0 unspecified atom stereocenters. The number of aryl methyl sites for hydroxylation is 1. The summed E-state index contributed by atoms with van der Waals surface area (Å²) in [4.78, 5) is 19.3. The standard InChI is InChI=1S/C20H23N5O2/c1-15-2-4-16(5-3-15)18-6-7-21-19-17(14-23-25(18)19)20(26)22-8-9-24-10-12-27-13-11-24/h2-7,14H,8-13H2,1H3,(H,22,26). The second kappa shape index (κ2) is 7.85. The van der Waals surface area contributed by atoms with Crippen molar-refractivity contribution in [3.63, 3.8) is 0 Å². The molecule has 1 aliphatic rings. The summed E-state index contributed by atoms with van der Waals surface area (Å²) in [6, 6.07) is 10.1. The summed E-state index contributed by atoms with van der Waals surface area (Å²) < 4.78 is 7.06. The smallest absolute Gasteiger partial charge is 0.256 e. The molecule has 1 N–H and O–H groups in total. The van der Waals surface area contributed by atoms with E-state index in [-0.39, 0.29) is 5.91 Å². The molecule has 7 nitrogen and oxygen atoms in total. The fourth-order valence-corrected chi connectivity index (χ4v) is 3.24. The number of aromatic nitrogens is 3. The third-order valence-electron chi connectivity index (χ3n) is 4.81. The van der Waals surface area contributed by atoms with Gasteiger partial charge in [-0.2, -0.15) is 5.10 Å². The minimum atomic E-state index is -0.146. The van der Waals surface area contributed by atoms with Gasteiger partial charge < -0.3 is 10.1 Å². The number of morpholine rings is 1. The van der Waals surface area contributed by atoms with E-state index in [1.165, 1.54) is 5.56 Å². The molecule has 3 aromatic rings. The van der Waals surface area contributed by atoms with Gasteiger partial charge in [0.05, 0.1) is 25.1 Å². The Balaban J connectivity index is 1.50. The summed E-state index contributed by atoms with van der Waals surface area (Å²) >= 11 is 0. The Morgan fingerprint density at radius 3 is 2.74 bits per heavy atom. The van der Waals surface area contributed by atoms with E-state index in [0.29, 0.717) is 17.8 Å². The summed E-state index contributed by atoms with van der Waals surface area (Å²) in [6.07, 6.45) is 3.31. The van der Waals surface area contributed by atoms with Crippen molar-refractivity contribution in [2.45, 2.75) is 6.92 Å². The van der Waals surface area contributed by atoms with Gasteiger partial charge in [-0.15, -0.1) is 0 Å². The number of ether oxygens (including phenoxy) is 1. The average Bonchev–Trinajstić information content (AvgIpc) is 3.14. The number of carbonyl (C=O) groups is 1. The van der Waals surface area contributed by atoms with Crippen LogP contribution in [0.5, 0.6) is 0 Å². The lowest BCUT2D eigenvalue weighted by Crippen LogP contribution is -2.41. The molecule has 140 valence electrons. The number of nitrogens with zero attached hydrogens (tertiary/aromatic N) is 4. The summed E-state index contributed by atoms with van der Waals surface area (Å²) in [5, 5.41) is 7.38. The Labute approximate surface area is 158 Å². The summed E-state index contributed by atoms with van der Waals surface area (Å²) in [6.45, 7) is 6.80. The van der Waals surface area contributed by atoms with E-state index in [2.05, 4.69) is 39.4 Å². The topological polar surface area (TPSA) is 71.8 Å². The van der Waals surface area contributed by atoms with Crippen LogP contribution in [0.15, 0.2) is 42.7 Å². The monoisotopic (exact) mass is 365 g/mol. The SMILES string of the molecule is Cc1ccc(-c2ccnc3c(C(=O)NCCN4CCOCC4)cnn23)cc1. The van der Waals surface area contributed by atoms with Crippen LogP contribution in [-0.2, 0) is 4.74 Å². The van der Waals surface area contributed by atoms with E-state index < -0.39 is 0 Å². The highest BCUT2D eigenvalue weighted by atomic mass is 16.5. The maximum absolute atomic E-state index is 12.6. The molecule has 7 heteroatoms. The van der Waals surface area contributed by atoms with Crippen molar-refractivity contribution in [1.29, 1.82) is 0 Å². The zero-order valence-electron chi connectivity index (χ0n) is 15.4. The maximum Gasteiger partial charge on any atom is 0.256 e. The lowest BCUT2D eigenvalue weighted by Gasteiger charge is -2.26. The predicted octanol–water partition coefficient (Wildman–Crippen LogP) is 1.77. The molecule has 27 heavy (non-hydrogen) atoms. The van der Waals surface area contributed by atoms with Gasteiger partial charge in [0.15, 0.2) is 5.65 Å². The molecule has 0 radical (unpaired) electrons. The third kappa shape index (κ3) is 3.84. The zero-order chi connectivity index (χ0) is 18.6. The molecule has 0 spiro atoms. The fraction of sp³-hybridized carbons (Fsp3) is 0.350. The van der Waals surface area contributed by atoms with Crippen LogP contribution in [0.3, 0.4) is 0 Å². The Hall–Kier alpha value is -2.77. The first-order valence-electron chi connectivity index (χ1n) is 9.20. The van der Waals surface area contributed by atoms with Gasteiger partial charge in [0.1, 0.15) is 5.56 Å². The molecule has 2 aromatic heterocycles. The molecule has 1 saturated heterocycles. The number of hydrogen-bond donors (Lipinski definition) is 1. The van der Waals surface area contributed by atoms with Crippen molar-refractivity contribution < 1.29 is 9.53 Å². The third-order valence-corrected chi connectivity index (χ3v) is 4.81. The molecule has 4 rings (SSSR count). The number of benzene rings is 1. The number of hydrogen-bond acceptors (Lipinski definition) is 5. The van der Waals surface area contributed by atoms with Crippen LogP contribution in [0, 0.1) is 6.92 Å². The minimum absolute atomic E-state index is 0.146. The Morgan fingerprint density at radius 2 is 1.96 bits per heavy atom. The van der Waals surface area contributed by atoms with Crippen LogP contribution < -0.4 is 5.32 Å². The van der Waals surface area contributed by atoms with E-state index in [4.69, 9.17) is 4.74 Å². The number of nitrogens with one attached hydrogen (secondary N) is 1. The van der Waals surface area contributed by atoms with Crippen molar-refractivity contribution in [2.75, 3.05) is 39.4 Å². The van der Waals surface area contributed by atoms with Crippen molar-refractivity contribution in [1.82, 2.24) is 24.8 Å². The summed E-state index contributed by atoms with van der Waals surface area (Å²) in [5.74, 6) is -0.146. The van der Waals surface area contributed by atoms with Crippen LogP contribution in [0.25, 0.3) is 16.9 Å². The number of rotatable bonds is 5. The van der Waals surface area contributed by atoms with Gasteiger partial charge in [0.2, 0.25) is 0 Å². The van der Waals surface area contributed by atoms with E-state index in [1.807, 2.05) is 18.2 Å². The van der Waals surface area contributed by atoms with Crippen LogP contribution in [0.1, 0.15) is 15.9 Å². The average molecular weight is 365 g/mol. The molecule has 0 bridgehead atoms. The normalized spacial score (nSPS) is 15.1. The van der Waals surface area contributed by atoms with Crippen molar-refractivity contribution >= 4 is 11.6 Å². The molecule has 3 heterocycles. The van der Waals surface area contributed by atoms with Gasteiger partial charge in [0, 0.05) is 37.9 Å². The molecule has 1 aromatic carbocycles. The number of carbonyl (C=O) groups excluding carboxylic acids is 1. The van der Waals surface area contributed by atoms with Crippen LogP contribution in [0.2, 0.25) is 0 Å². The highest BCUT2D eigenvalue weighted by Gasteiger charge is 2.16. The van der Waals surface area contributed by atoms with Crippen molar-refractivity contribution in [3.8, 4) is 11.3 Å². The molecular weight excluding hydrogens is 342 g/mol. The first-order chi connectivity index (χ1) is 13.2. The summed E-state index contributed by atoms with van der Waals surface area (Å²) in [5.41, 5.74) is 4.20. The molecule has 1 aliphatic heterocycles. The lowest BCUT2D eigenvalue weighted by atomic mass is 10.1. The highest BCUT2D eigenvalue weighted by molar-refractivity contribution is 5.99. The van der Waals surface area contributed by atoms with Gasteiger partial charge in [0.25, 0.3) is 5.91 Å². The predicted molar refractivity (Wildman–Crippen MR) is 103 cm³/mol. The van der Waals surface area contributed by atoms with Gasteiger partial charge in [-0.25, -0.2) is 9.50 Å². The van der Waals surface area contributed by atoms with Crippen LogP contribution in [0.4, 0.5) is 0 Å². The number of fused-ring (bicyclic) bond motifs is 1. The van der Waals surface area contributed by atoms with E-state index in [0.717, 1.165) is 44.1 Å². The van der Waals surface area contributed by atoms with Gasteiger partial charge in [-0.05, 0) is 13.0 Å². The van der Waals surface area contributed by atoms with E-state index >= 15 is 0 Å². The van der Waals surface area contributed by atoms with E-state index in [9.17, 15) is 4.79 Å². The molecular formula is C20H23N5O2. The second-order valence-electron chi connectivity index (χ2n) is 6.70. The fourth-order valence-electron chi connectivity index (χ4n) is 3.24. The van der Waals surface area contributed by atoms with Gasteiger partial charge in [-0.1, -0.05) is 29.8 Å². The highest BCUT2D eigenvalue weighted by Crippen LogP contribution is 2.21. The van der Waals surface area contributed by atoms with Crippen LogP contribution in [-0.4, -0.2) is 64.8 Å². The molecule has 0 atom stereocenters. The quantitative estimate of drug-likeness (QED) is 0.746. The van der Waals surface area contributed by atoms with Gasteiger partial charge >= 0.3 is 0 Å². The zero-order valence-corrected chi connectivity index (χ0v) is 15.4. The second-order valence-corrected chi connectivity index (χ2v) is 6.70. The lowest BCUT2D eigenvalue weighted by molar-refractivity contribution is 0.0383. The molecule has 0 aliphatic carbocycles. The minimum Gasteiger partial charge on any atom is -0.379 e. The number of amides is 1. The van der Waals surface area contributed by atoms with Crippen LogP contribution >= 0.6 is 0 Å². The first kappa shape index (κ1) is 17.6. The Bertz CT molecular complexity index is 929. The largest absolute Gasteiger partial charge is 0.379 e. The molecule has 1 fully saturated rings. The van der Waals surface area contributed by atoms with Gasteiger partial charge in [-0.3, -0.25) is 9.69 Å². The van der Waals surface area contributed by atoms with E-state index in [1.54, 1.807) is 16.9 Å². The maximum atomic E-state index is 12.6. The Kier molecular flexibility index (Phi) is 5.13.